The fraction of sp³-hybridized carbons (Fsp3) is 0.379. The molecule has 206 valence electrons. The summed E-state index contributed by atoms with van der Waals surface area (Å²) in [5.41, 5.74) is 2.55. The molecule has 8 nitrogen and oxygen atoms in total. The maximum absolute atomic E-state index is 13.6. The van der Waals surface area contributed by atoms with Gasteiger partial charge in [0.05, 0.1) is 16.1 Å². The van der Waals surface area contributed by atoms with Gasteiger partial charge in [-0.15, -0.1) is 11.3 Å². The van der Waals surface area contributed by atoms with Crippen LogP contribution in [0.4, 0.5) is 10.7 Å². The summed E-state index contributed by atoms with van der Waals surface area (Å²) in [4.78, 5) is 32.4. The lowest BCUT2D eigenvalue weighted by Gasteiger charge is -2.30. The minimum atomic E-state index is -3.79. The van der Waals surface area contributed by atoms with Crippen molar-refractivity contribution in [3.63, 3.8) is 0 Å². The van der Waals surface area contributed by atoms with Gasteiger partial charge in [-0.2, -0.15) is 0 Å². The van der Waals surface area contributed by atoms with Gasteiger partial charge in [-0.05, 0) is 75.1 Å². The van der Waals surface area contributed by atoms with E-state index in [4.69, 9.17) is 0 Å². The maximum atomic E-state index is 13.6. The van der Waals surface area contributed by atoms with Gasteiger partial charge in [-0.3, -0.25) is 18.8 Å². The van der Waals surface area contributed by atoms with Crippen molar-refractivity contribution in [3.05, 3.63) is 76.2 Å². The molecule has 5 rings (SSSR count). The molecule has 1 N–H and O–H groups in total. The first-order chi connectivity index (χ1) is 18.7. The number of nitrogens with one attached hydrogen (secondary N) is 1. The van der Waals surface area contributed by atoms with Gasteiger partial charge in [-0.1, -0.05) is 18.2 Å². The fourth-order valence-corrected chi connectivity index (χ4v) is 7.60. The summed E-state index contributed by atoms with van der Waals surface area (Å²) in [5.74, 6) is -0.381. The monoisotopic (exact) mass is 566 g/mol. The third-order valence-corrected chi connectivity index (χ3v) is 10.5. The zero-order chi connectivity index (χ0) is 27.7. The van der Waals surface area contributed by atoms with Crippen LogP contribution < -0.4 is 9.62 Å². The van der Waals surface area contributed by atoms with Gasteiger partial charge in [0.1, 0.15) is 5.00 Å². The molecule has 2 aromatic carbocycles. The number of likely N-dealkylation sites (tertiary alicyclic amines) is 1. The molecule has 1 aromatic heterocycles. The minimum absolute atomic E-state index is 0.0105. The Labute approximate surface area is 234 Å². The Bertz CT molecular complexity index is 1460. The normalized spacial score (nSPS) is 15.8. The minimum Gasteiger partial charge on any atom is -0.339 e. The van der Waals surface area contributed by atoms with Crippen molar-refractivity contribution in [2.45, 2.75) is 50.6 Å². The average Bonchev–Trinajstić information content (AvgIpc) is 3.60. The first-order valence-electron chi connectivity index (χ1n) is 13.3. The third-order valence-electron chi connectivity index (χ3n) is 7.55. The first-order valence-corrected chi connectivity index (χ1v) is 15.6. The van der Waals surface area contributed by atoms with E-state index < -0.39 is 10.0 Å². The number of amides is 2. The van der Waals surface area contributed by atoms with Crippen molar-refractivity contribution in [3.8, 4) is 0 Å². The Hall–Kier alpha value is -3.21. The van der Waals surface area contributed by atoms with Crippen LogP contribution in [0.3, 0.4) is 0 Å². The number of para-hydroxylation sites is 1. The molecule has 39 heavy (non-hydrogen) atoms. The van der Waals surface area contributed by atoms with E-state index in [0.29, 0.717) is 27.9 Å². The Kier molecular flexibility index (Phi) is 7.80. The van der Waals surface area contributed by atoms with Crippen LogP contribution in [0.2, 0.25) is 0 Å². The van der Waals surface area contributed by atoms with E-state index in [2.05, 4.69) is 24.1 Å². The molecular weight excluding hydrogens is 532 g/mol. The number of fused-ring (bicyclic) bond motifs is 1. The van der Waals surface area contributed by atoms with Crippen LogP contribution in [-0.2, 0) is 23.0 Å². The molecule has 3 aromatic rings. The van der Waals surface area contributed by atoms with Gasteiger partial charge in [0.25, 0.3) is 21.8 Å². The van der Waals surface area contributed by atoms with Gasteiger partial charge >= 0.3 is 0 Å². The quantitative estimate of drug-likeness (QED) is 0.443. The molecular formula is C29H34N4O4S2. The van der Waals surface area contributed by atoms with Crippen molar-refractivity contribution in [1.82, 2.24) is 9.80 Å². The van der Waals surface area contributed by atoms with E-state index in [1.165, 1.54) is 47.0 Å². The second kappa shape index (κ2) is 11.1. The summed E-state index contributed by atoms with van der Waals surface area (Å²) in [6.45, 7) is 7.44. The summed E-state index contributed by atoms with van der Waals surface area (Å²) < 4.78 is 27.5. The van der Waals surface area contributed by atoms with E-state index in [0.717, 1.165) is 55.9 Å². The molecule has 0 bridgehead atoms. The van der Waals surface area contributed by atoms with Crippen LogP contribution in [0.25, 0.3) is 0 Å². The zero-order valence-electron chi connectivity index (χ0n) is 22.5. The molecule has 0 atom stereocenters. The lowest BCUT2D eigenvalue weighted by molar-refractivity contribution is 0.0792. The van der Waals surface area contributed by atoms with Crippen molar-refractivity contribution >= 4 is 43.9 Å². The van der Waals surface area contributed by atoms with Crippen molar-refractivity contribution in [2.75, 3.05) is 36.3 Å². The molecule has 0 radical (unpaired) electrons. The third kappa shape index (κ3) is 5.46. The molecule has 0 saturated carbocycles. The highest BCUT2D eigenvalue weighted by atomic mass is 32.2. The molecule has 0 spiro atoms. The van der Waals surface area contributed by atoms with Crippen molar-refractivity contribution < 1.29 is 18.0 Å². The molecule has 2 aliphatic rings. The highest BCUT2D eigenvalue weighted by molar-refractivity contribution is 7.92. The summed E-state index contributed by atoms with van der Waals surface area (Å²) in [6.07, 6.45) is 2.77. The van der Waals surface area contributed by atoms with Crippen LogP contribution in [0.5, 0.6) is 0 Å². The molecule has 0 aliphatic carbocycles. The number of carbonyl (C=O) groups is 2. The van der Waals surface area contributed by atoms with Gasteiger partial charge in [0.15, 0.2) is 0 Å². The Morgan fingerprint density at radius 2 is 1.64 bits per heavy atom. The van der Waals surface area contributed by atoms with Gasteiger partial charge in [0.2, 0.25) is 0 Å². The molecule has 2 amide bonds. The molecule has 3 heterocycles. The standard InChI is InChI=1S/C29H34N4O4S2/c1-20(2)33-18-15-24-25(19-33)38-28(26(24)29(35)32-16-7-8-17-32)30-27(34)21-11-13-23(14-12-21)39(36,37)31(3)22-9-5-4-6-10-22/h4-6,9-14,20H,7-8,15-19H2,1-3H3,(H,30,34). The Balaban J connectivity index is 1.39. The number of rotatable bonds is 7. The topological polar surface area (TPSA) is 90.0 Å². The van der Waals surface area contributed by atoms with Crippen molar-refractivity contribution in [2.24, 2.45) is 0 Å². The van der Waals surface area contributed by atoms with E-state index in [-0.39, 0.29) is 16.7 Å². The number of thiophene rings is 1. The molecule has 2 aliphatic heterocycles. The molecule has 10 heteroatoms. The van der Waals surface area contributed by atoms with E-state index in [1.54, 1.807) is 24.3 Å². The van der Waals surface area contributed by atoms with Crippen LogP contribution in [-0.4, -0.2) is 62.8 Å². The summed E-state index contributed by atoms with van der Waals surface area (Å²) in [6, 6.07) is 15.1. The first kappa shape index (κ1) is 27.4. The van der Waals surface area contributed by atoms with Crippen LogP contribution >= 0.6 is 11.3 Å². The number of hydrogen-bond donors (Lipinski definition) is 1. The fourth-order valence-electron chi connectivity index (χ4n) is 5.15. The lowest BCUT2D eigenvalue weighted by Crippen LogP contribution is -2.36. The number of anilines is 2. The number of sulfonamides is 1. The highest BCUT2D eigenvalue weighted by Crippen LogP contribution is 2.39. The predicted molar refractivity (Wildman–Crippen MR) is 155 cm³/mol. The molecule has 0 unspecified atom stereocenters. The number of benzene rings is 2. The SMILES string of the molecule is CC(C)N1CCc2c(sc(NC(=O)c3ccc(S(=O)(=O)N(C)c4ccccc4)cc3)c2C(=O)N2CCCC2)C1. The number of hydrogen-bond acceptors (Lipinski definition) is 6. The van der Waals surface area contributed by atoms with Crippen LogP contribution in [0.1, 0.15) is 57.8 Å². The highest BCUT2D eigenvalue weighted by Gasteiger charge is 2.32. The van der Waals surface area contributed by atoms with Crippen LogP contribution in [0.15, 0.2) is 59.5 Å². The molecule has 1 saturated heterocycles. The maximum Gasteiger partial charge on any atom is 0.264 e. The van der Waals surface area contributed by atoms with E-state index in [9.17, 15) is 18.0 Å². The summed E-state index contributed by atoms with van der Waals surface area (Å²) in [5, 5.41) is 3.57. The lowest BCUT2D eigenvalue weighted by atomic mass is 10.0. The Morgan fingerprint density at radius 3 is 2.28 bits per heavy atom. The molecule has 1 fully saturated rings. The smallest absolute Gasteiger partial charge is 0.264 e. The van der Waals surface area contributed by atoms with Gasteiger partial charge in [-0.25, -0.2) is 8.42 Å². The number of carbonyl (C=O) groups excluding carboxylic acids is 2. The number of nitrogens with zero attached hydrogens (tertiary/aromatic N) is 3. The van der Waals surface area contributed by atoms with Gasteiger partial charge < -0.3 is 10.2 Å². The average molecular weight is 567 g/mol. The van der Waals surface area contributed by atoms with Crippen LogP contribution in [0, 0.1) is 0 Å². The van der Waals surface area contributed by atoms with Gasteiger partial charge in [0, 0.05) is 49.7 Å². The van der Waals surface area contributed by atoms with Crippen molar-refractivity contribution in [1.29, 1.82) is 0 Å². The second-order valence-electron chi connectivity index (χ2n) is 10.3. The van der Waals surface area contributed by atoms with E-state index >= 15 is 0 Å². The summed E-state index contributed by atoms with van der Waals surface area (Å²) in [7, 11) is -2.28. The predicted octanol–water partition coefficient (Wildman–Crippen LogP) is 4.83. The largest absolute Gasteiger partial charge is 0.339 e. The zero-order valence-corrected chi connectivity index (χ0v) is 24.1. The Morgan fingerprint density at radius 1 is 0.974 bits per heavy atom. The second-order valence-corrected chi connectivity index (χ2v) is 13.4. The summed E-state index contributed by atoms with van der Waals surface area (Å²) >= 11 is 1.48. The van der Waals surface area contributed by atoms with E-state index in [1.807, 2.05) is 11.0 Å².